The molecule has 0 bridgehead atoms. The number of phenolic OH excluding ortho intramolecular Hbond substituents is 1. The van der Waals surface area contributed by atoms with Crippen LogP contribution in [0.25, 0.3) is 0 Å². The smallest absolute Gasteiger partial charge is 0.255 e. The number of nitrogens with one attached hydrogen (secondary N) is 1. The number of carbonyl (C=O) groups is 1. The summed E-state index contributed by atoms with van der Waals surface area (Å²) in [4.78, 5) is 11.8. The molecule has 2 N–H and O–H groups in total. The first-order valence-electron chi connectivity index (χ1n) is 5.85. The number of phenols is 1. The first-order chi connectivity index (χ1) is 8.50. The molecule has 0 aromatic heterocycles. The fraction of sp³-hybridized carbons (Fsp3) is 0.462. The number of rotatable bonds is 6. The molecule has 0 fully saturated rings. The van der Waals surface area contributed by atoms with Crippen molar-refractivity contribution in [2.75, 3.05) is 19.8 Å². The average molecular weight is 363 g/mol. The zero-order valence-electron chi connectivity index (χ0n) is 10.6. The number of hydrogen-bond donors (Lipinski definition) is 2. The molecule has 0 heterocycles. The van der Waals surface area contributed by atoms with Gasteiger partial charge in [0.1, 0.15) is 5.75 Å². The standard InChI is InChI=1S/C13H18INO3/c1-9(2)8-18-6-5-15-13(17)11-7-10(14)3-4-12(11)16/h3-4,7,9,16H,5-6,8H2,1-2H3,(H,15,17). The van der Waals surface area contributed by atoms with Gasteiger partial charge < -0.3 is 15.2 Å². The van der Waals surface area contributed by atoms with Crippen LogP contribution in [0.4, 0.5) is 0 Å². The van der Waals surface area contributed by atoms with Gasteiger partial charge in [0.25, 0.3) is 5.91 Å². The molecule has 0 aliphatic heterocycles. The van der Waals surface area contributed by atoms with Gasteiger partial charge in [-0.2, -0.15) is 0 Å². The third-order valence-corrected chi connectivity index (χ3v) is 2.86. The van der Waals surface area contributed by atoms with Crippen LogP contribution in [0.15, 0.2) is 18.2 Å². The van der Waals surface area contributed by atoms with Crippen molar-refractivity contribution in [3.8, 4) is 5.75 Å². The van der Waals surface area contributed by atoms with E-state index in [1.807, 2.05) is 0 Å². The molecule has 100 valence electrons. The molecule has 0 aliphatic rings. The SMILES string of the molecule is CC(C)COCCNC(=O)c1cc(I)ccc1O. The summed E-state index contributed by atoms with van der Waals surface area (Å²) in [6.07, 6.45) is 0. The lowest BCUT2D eigenvalue weighted by Gasteiger charge is -2.09. The molecule has 1 amide bonds. The van der Waals surface area contributed by atoms with Crippen molar-refractivity contribution in [3.05, 3.63) is 27.3 Å². The Labute approximate surface area is 121 Å². The highest BCUT2D eigenvalue weighted by molar-refractivity contribution is 14.1. The summed E-state index contributed by atoms with van der Waals surface area (Å²) in [5.74, 6) is 0.204. The van der Waals surface area contributed by atoms with Crippen molar-refractivity contribution in [1.29, 1.82) is 0 Å². The number of halogens is 1. The van der Waals surface area contributed by atoms with E-state index in [1.54, 1.807) is 12.1 Å². The van der Waals surface area contributed by atoms with Crippen LogP contribution < -0.4 is 5.32 Å². The van der Waals surface area contributed by atoms with E-state index in [2.05, 4.69) is 41.8 Å². The summed E-state index contributed by atoms with van der Waals surface area (Å²) < 4.78 is 6.27. The van der Waals surface area contributed by atoms with Crippen LogP contribution in [-0.4, -0.2) is 30.8 Å². The minimum Gasteiger partial charge on any atom is -0.507 e. The summed E-state index contributed by atoms with van der Waals surface area (Å²) in [5, 5.41) is 12.3. The van der Waals surface area contributed by atoms with E-state index >= 15 is 0 Å². The Morgan fingerprint density at radius 2 is 2.22 bits per heavy atom. The fourth-order valence-corrected chi connectivity index (χ4v) is 1.83. The van der Waals surface area contributed by atoms with Gasteiger partial charge in [0.15, 0.2) is 0 Å². The van der Waals surface area contributed by atoms with Crippen molar-refractivity contribution in [2.45, 2.75) is 13.8 Å². The van der Waals surface area contributed by atoms with Crippen LogP contribution >= 0.6 is 22.6 Å². The first kappa shape index (κ1) is 15.2. The molecule has 0 saturated carbocycles. The van der Waals surface area contributed by atoms with E-state index in [1.165, 1.54) is 6.07 Å². The van der Waals surface area contributed by atoms with E-state index in [0.717, 1.165) is 3.57 Å². The Morgan fingerprint density at radius 3 is 2.89 bits per heavy atom. The number of carbonyl (C=O) groups excluding carboxylic acids is 1. The number of ether oxygens (including phenoxy) is 1. The van der Waals surface area contributed by atoms with Crippen molar-refractivity contribution in [3.63, 3.8) is 0 Å². The minimum absolute atomic E-state index is 0.00369. The molecule has 0 unspecified atom stereocenters. The lowest BCUT2D eigenvalue weighted by Crippen LogP contribution is -2.27. The number of benzene rings is 1. The van der Waals surface area contributed by atoms with Crippen molar-refractivity contribution in [2.24, 2.45) is 5.92 Å². The van der Waals surface area contributed by atoms with Crippen LogP contribution in [0.2, 0.25) is 0 Å². The van der Waals surface area contributed by atoms with Crippen LogP contribution in [-0.2, 0) is 4.74 Å². The molecular weight excluding hydrogens is 345 g/mol. The maximum Gasteiger partial charge on any atom is 0.255 e. The lowest BCUT2D eigenvalue weighted by molar-refractivity contribution is 0.0884. The van der Waals surface area contributed by atoms with Crippen LogP contribution in [0.3, 0.4) is 0 Å². The first-order valence-corrected chi connectivity index (χ1v) is 6.93. The van der Waals surface area contributed by atoms with Crippen molar-refractivity contribution in [1.82, 2.24) is 5.32 Å². The molecule has 0 saturated heterocycles. The predicted molar refractivity (Wildman–Crippen MR) is 78.8 cm³/mol. The largest absolute Gasteiger partial charge is 0.507 e. The van der Waals surface area contributed by atoms with Gasteiger partial charge in [0.2, 0.25) is 0 Å². The van der Waals surface area contributed by atoms with E-state index in [-0.39, 0.29) is 11.7 Å². The highest BCUT2D eigenvalue weighted by Gasteiger charge is 2.10. The summed E-state index contributed by atoms with van der Waals surface area (Å²) in [6, 6.07) is 4.92. The van der Waals surface area contributed by atoms with Gasteiger partial charge >= 0.3 is 0 Å². The van der Waals surface area contributed by atoms with Crippen LogP contribution in [0, 0.1) is 9.49 Å². The maximum atomic E-state index is 11.8. The Kier molecular flexibility index (Phi) is 6.42. The molecule has 4 nitrogen and oxygen atoms in total. The van der Waals surface area contributed by atoms with E-state index < -0.39 is 0 Å². The second-order valence-electron chi connectivity index (χ2n) is 4.39. The van der Waals surface area contributed by atoms with Gasteiger partial charge in [-0.25, -0.2) is 0 Å². The maximum absolute atomic E-state index is 11.8. The van der Waals surface area contributed by atoms with Crippen molar-refractivity contribution < 1.29 is 14.6 Å². The fourth-order valence-electron chi connectivity index (χ4n) is 1.34. The van der Waals surface area contributed by atoms with Gasteiger partial charge in [0, 0.05) is 16.7 Å². The van der Waals surface area contributed by atoms with Crippen molar-refractivity contribution >= 4 is 28.5 Å². The van der Waals surface area contributed by atoms with E-state index in [4.69, 9.17) is 4.74 Å². The van der Waals surface area contributed by atoms with Gasteiger partial charge in [-0.3, -0.25) is 4.79 Å². The van der Waals surface area contributed by atoms with E-state index in [0.29, 0.717) is 31.2 Å². The Morgan fingerprint density at radius 1 is 1.50 bits per heavy atom. The molecule has 0 radical (unpaired) electrons. The normalized spacial score (nSPS) is 10.7. The number of amides is 1. The molecule has 1 rings (SSSR count). The van der Waals surface area contributed by atoms with E-state index in [9.17, 15) is 9.90 Å². The molecule has 0 spiro atoms. The summed E-state index contributed by atoms with van der Waals surface area (Å²) in [7, 11) is 0. The van der Waals surface area contributed by atoms with Gasteiger partial charge in [-0.1, -0.05) is 13.8 Å². The Hall–Kier alpha value is -0.820. The summed E-state index contributed by atoms with van der Waals surface area (Å²) >= 11 is 2.10. The topological polar surface area (TPSA) is 58.6 Å². The lowest BCUT2D eigenvalue weighted by atomic mass is 10.2. The van der Waals surface area contributed by atoms with Gasteiger partial charge in [-0.15, -0.1) is 0 Å². The summed E-state index contributed by atoms with van der Waals surface area (Å²) in [5.41, 5.74) is 0.297. The third kappa shape index (κ3) is 5.22. The number of aromatic hydroxyl groups is 1. The Bertz CT molecular complexity index is 407. The van der Waals surface area contributed by atoms with Crippen LogP contribution in [0.5, 0.6) is 5.75 Å². The van der Waals surface area contributed by atoms with Gasteiger partial charge in [-0.05, 0) is 46.7 Å². The highest BCUT2D eigenvalue weighted by atomic mass is 127. The summed E-state index contributed by atoms with van der Waals surface area (Å²) in [6.45, 7) is 5.75. The Balaban J connectivity index is 2.39. The van der Waals surface area contributed by atoms with Crippen LogP contribution in [0.1, 0.15) is 24.2 Å². The highest BCUT2D eigenvalue weighted by Crippen LogP contribution is 2.19. The zero-order valence-corrected chi connectivity index (χ0v) is 12.7. The average Bonchev–Trinajstić information content (AvgIpc) is 2.31. The quantitative estimate of drug-likeness (QED) is 0.603. The molecular formula is C13H18INO3. The third-order valence-electron chi connectivity index (χ3n) is 2.19. The second kappa shape index (κ2) is 7.58. The molecule has 0 aliphatic carbocycles. The monoisotopic (exact) mass is 363 g/mol. The predicted octanol–water partition coefficient (Wildman–Crippen LogP) is 2.40. The van der Waals surface area contributed by atoms with Gasteiger partial charge in [0.05, 0.1) is 12.2 Å². The number of hydrogen-bond acceptors (Lipinski definition) is 3. The molecule has 1 aromatic carbocycles. The molecule has 0 atom stereocenters. The minimum atomic E-state index is -0.279. The zero-order chi connectivity index (χ0) is 13.5. The molecule has 1 aromatic rings. The second-order valence-corrected chi connectivity index (χ2v) is 5.63. The molecule has 5 heteroatoms. The molecule has 18 heavy (non-hydrogen) atoms.